The topological polar surface area (TPSA) is 50.4 Å². The van der Waals surface area contributed by atoms with E-state index in [2.05, 4.69) is 10.6 Å². The van der Waals surface area contributed by atoms with Crippen LogP contribution in [0.2, 0.25) is 0 Å². The van der Waals surface area contributed by atoms with Gasteiger partial charge in [-0.05, 0) is 45.4 Å². The lowest BCUT2D eigenvalue weighted by atomic mass is 10.1. The number of benzene rings is 1. The first-order chi connectivity index (χ1) is 8.81. The summed E-state index contributed by atoms with van der Waals surface area (Å²) < 4.78 is 5.09. The van der Waals surface area contributed by atoms with Crippen molar-refractivity contribution in [1.82, 2.24) is 5.32 Å². The van der Waals surface area contributed by atoms with E-state index in [4.69, 9.17) is 4.74 Å². The van der Waals surface area contributed by atoms with Crippen LogP contribution in [0.5, 0.6) is 0 Å². The lowest BCUT2D eigenvalue weighted by Crippen LogP contribution is -2.47. The van der Waals surface area contributed by atoms with E-state index in [1.165, 1.54) is 0 Å². The molecule has 0 aliphatic carbocycles. The van der Waals surface area contributed by atoms with Crippen molar-refractivity contribution in [2.24, 2.45) is 0 Å². The maximum atomic E-state index is 12.0. The normalized spacial score (nSPS) is 12.9. The maximum Gasteiger partial charge on any atom is 0.242 e. The van der Waals surface area contributed by atoms with Gasteiger partial charge in [0.25, 0.3) is 0 Å². The van der Waals surface area contributed by atoms with Gasteiger partial charge in [0.1, 0.15) is 6.04 Å². The van der Waals surface area contributed by atoms with E-state index >= 15 is 0 Å². The SMILES string of the molecule is COCc1cccc(N[C@H](C)C(=O)NC(C)(C)C)c1. The molecular weight excluding hydrogens is 240 g/mol. The quantitative estimate of drug-likeness (QED) is 0.859. The average molecular weight is 264 g/mol. The molecule has 0 spiro atoms. The van der Waals surface area contributed by atoms with E-state index < -0.39 is 0 Å². The molecule has 1 amide bonds. The monoisotopic (exact) mass is 264 g/mol. The van der Waals surface area contributed by atoms with E-state index in [9.17, 15) is 4.79 Å². The van der Waals surface area contributed by atoms with Crippen LogP contribution in [-0.4, -0.2) is 24.6 Å². The second-order valence-corrected chi connectivity index (χ2v) is 5.74. The van der Waals surface area contributed by atoms with Crippen LogP contribution in [0.15, 0.2) is 24.3 Å². The highest BCUT2D eigenvalue weighted by molar-refractivity contribution is 5.84. The number of carbonyl (C=O) groups is 1. The standard InChI is InChI=1S/C15H24N2O2/c1-11(14(18)17-15(2,3)4)16-13-8-6-7-12(9-13)10-19-5/h6-9,11,16H,10H2,1-5H3,(H,17,18)/t11-/m1/s1. The summed E-state index contributed by atoms with van der Waals surface area (Å²) in [5.74, 6) is -0.00959. The molecule has 4 nitrogen and oxygen atoms in total. The molecule has 0 aliphatic rings. The Kier molecular flexibility index (Phi) is 5.36. The molecule has 0 saturated heterocycles. The molecule has 1 aromatic rings. The number of nitrogens with one attached hydrogen (secondary N) is 2. The zero-order chi connectivity index (χ0) is 14.5. The van der Waals surface area contributed by atoms with Crippen LogP contribution in [0.25, 0.3) is 0 Å². The van der Waals surface area contributed by atoms with E-state index in [0.29, 0.717) is 6.61 Å². The molecule has 1 atom stereocenters. The first-order valence-corrected chi connectivity index (χ1v) is 6.48. The van der Waals surface area contributed by atoms with Crippen molar-refractivity contribution in [1.29, 1.82) is 0 Å². The Morgan fingerprint density at radius 3 is 2.63 bits per heavy atom. The summed E-state index contributed by atoms with van der Waals surface area (Å²) in [7, 11) is 1.67. The van der Waals surface area contributed by atoms with Crippen molar-refractivity contribution < 1.29 is 9.53 Å². The molecule has 19 heavy (non-hydrogen) atoms. The minimum Gasteiger partial charge on any atom is -0.380 e. The molecule has 0 aromatic heterocycles. The lowest BCUT2D eigenvalue weighted by Gasteiger charge is -2.24. The number of rotatable bonds is 5. The highest BCUT2D eigenvalue weighted by Crippen LogP contribution is 2.13. The summed E-state index contributed by atoms with van der Waals surface area (Å²) in [5, 5.41) is 6.15. The van der Waals surface area contributed by atoms with Crippen molar-refractivity contribution in [3.63, 3.8) is 0 Å². The van der Waals surface area contributed by atoms with Crippen LogP contribution in [0.3, 0.4) is 0 Å². The van der Waals surface area contributed by atoms with Gasteiger partial charge in [-0.3, -0.25) is 4.79 Å². The molecule has 0 fully saturated rings. The van der Waals surface area contributed by atoms with Crippen LogP contribution in [-0.2, 0) is 16.1 Å². The first kappa shape index (κ1) is 15.5. The summed E-state index contributed by atoms with van der Waals surface area (Å²) in [4.78, 5) is 12.0. The second-order valence-electron chi connectivity index (χ2n) is 5.74. The number of amides is 1. The van der Waals surface area contributed by atoms with Gasteiger partial charge < -0.3 is 15.4 Å². The van der Waals surface area contributed by atoms with Gasteiger partial charge in [0.15, 0.2) is 0 Å². The smallest absolute Gasteiger partial charge is 0.242 e. The van der Waals surface area contributed by atoms with E-state index in [0.717, 1.165) is 11.3 Å². The second kappa shape index (κ2) is 6.57. The molecule has 0 saturated carbocycles. The maximum absolute atomic E-state index is 12.0. The van der Waals surface area contributed by atoms with Gasteiger partial charge in [0.05, 0.1) is 6.61 Å². The van der Waals surface area contributed by atoms with Crippen LogP contribution >= 0.6 is 0 Å². The van der Waals surface area contributed by atoms with E-state index in [-0.39, 0.29) is 17.5 Å². The number of carbonyl (C=O) groups excluding carboxylic acids is 1. The van der Waals surface area contributed by atoms with Crippen LogP contribution in [0.4, 0.5) is 5.69 Å². The fourth-order valence-electron chi connectivity index (χ4n) is 1.71. The summed E-state index contributed by atoms with van der Waals surface area (Å²) in [6, 6.07) is 7.60. The molecule has 0 heterocycles. The third-order valence-corrected chi connectivity index (χ3v) is 2.51. The van der Waals surface area contributed by atoms with Gasteiger partial charge in [0.2, 0.25) is 5.91 Å². The van der Waals surface area contributed by atoms with Gasteiger partial charge in [0, 0.05) is 18.3 Å². The van der Waals surface area contributed by atoms with Gasteiger partial charge in [-0.25, -0.2) is 0 Å². The van der Waals surface area contributed by atoms with Gasteiger partial charge >= 0.3 is 0 Å². The van der Waals surface area contributed by atoms with E-state index in [1.54, 1.807) is 7.11 Å². The number of anilines is 1. The molecule has 2 N–H and O–H groups in total. The summed E-state index contributed by atoms with van der Waals surface area (Å²) in [6.45, 7) is 8.33. The fraction of sp³-hybridized carbons (Fsp3) is 0.533. The largest absolute Gasteiger partial charge is 0.380 e. The van der Waals surface area contributed by atoms with Crippen LogP contribution in [0.1, 0.15) is 33.3 Å². The third-order valence-electron chi connectivity index (χ3n) is 2.51. The van der Waals surface area contributed by atoms with E-state index in [1.807, 2.05) is 52.0 Å². The Labute approximate surface area is 115 Å². The Hall–Kier alpha value is -1.55. The third kappa shape index (κ3) is 5.75. The molecule has 4 heteroatoms. The molecule has 0 bridgehead atoms. The number of hydrogen-bond donors (Lipinski definition) is 2. The molecule has 0 radical (unpaired) electrons. The van der Waals surface area contributed by atoms with Gasteiger partial charge in [-0.15, -0.1) is 0 Å². The minimum absolute atomic E-state index is 0.00959. The minimum atomic E-state index is -0.281. The molecular formula is C15H24N2O2. The summed E-state index contributed by atoms with van der Waals surface area (Å²) in [5.41, 5.74) is 1.78. The molecule has 0 unspecified atom stereocenters. The summed E-state index contributed by atoms with van der Waals surface area (Å²) >= 11 is 0. The first-order valence-electron chi connectivity index (χ1n) is 6.48. The van der Waals surface area contributed by atoms with Crippen molar-refractivity contribution in [3.8, 4) is 0 Å². The highest BCUT2D eigenvalue weighted by atomic mass is 16.5. The van der Waals surface area contributed by atoms with Crippen LogP contribution in [0, 0.1) is 0 Å². The van der Waals surface area contributed by atoms with Crippen molar-refractivity contribution in [2.45, 2.75) is 45.9 Å². The van der Waals surface area contributed by atoms with Gasteiger partial charge in [-0.1, -0.05) is 12.1 Å². The zero-order valence-corrected chi connectivity index (χ0v) is 12.4. The number of ether oxygens (including phenoxy) is 1. The van der Waals surface area contributed by atoms with Crippen molar-refractivity contribution in [2.75, 3.05) is 12.4 Å². The van der Waals surface area contributed by atoms with Gasteiger partial charge in [-0.2, -0.15) is 0 Å². The van der Waals surface area contributed by atoms with Crippen molar-refractivity contribution >= 4 is 11.6 Å². The Morgan fingerprint density at radius 1 is 1.37 bits per heavy atom. The molecule has 1 aromatic carbocycles. The van der Waals surface area contributed by atoms with Crippen molar-refractivity contribution in [3.05, 3.63) is 29.8 Å². The Bertz CT molecular complexity index is 424. The number of hydrogen-bond acceptors (Lipinski definition) is 3. The zero-order valence-electron chi connectivity index (χ0n) is 12.4. The van der Waals surface area contributed by atoms with Crippen LogP contribution < -0.4 is 10.6 Å². The Morgan fingerprint density at radius 2 is 2.05 bits per heavy atom. The summed E-state index contributed by atoms with van der Waals surface area (Å²) in [6.07, 6.45) is 0. The lowest BCUT2D eigenvalue weighted by molar-refractivity contribution is -0.122. The molecule has 0 aliphatic heterocycles. The molecule has 106 valence electrons. The highest BCUT2D eigenvalue weighted by Gasteiger charge is 2.18. The predicted octanol–water partition coefficient (Wildman–Crippen LogP) is 2.55. The Balaban J connectivity index is 2.63. The number of methoxy groups -OCH3 is 1. The predicted molar refractivity (Wildman–Crippen MR) is 78.1 cm³/mol. The average Bonchev–Trinajstić information content (AvgIpc) is 2.27. The molecule has 1 rings (SSSR count). The fourth-order valence-corrected chi connectivity index (χ4v) is 1.71.